The van der Waals surface area contributed by atoms with Gasteiger partial charge in [-0.05, 0) is 29.8 Å². The van der Waals surface area contributed by atoms with E-state index in [0.717, 1.165) is 29.6 Å². The van der Waals surface area contributed by atoms with Gasteiger partial charge in [0.15, 0.2) is 5.69 Å². The van der Waals surface area contributed by atoms with E-state index < -0.39 is 5.91 Å². The molecule has 1 N–H and O–H groups in total. The molecule has 5 aromatic rings. The third-order valence-corrected chi connectivity index (χ3v) is 6.85. The predicted molar refractivity (Wildman–Crippen MR) is 147 cm³/mol. The molecule has 0 bridgehead atoms. The Morgan fingerprint density at radius 3 is 2.56 bits per heavy atom. The van der Waals surface area contributed by atoms with Crippen LogP contribution in [0.25, 0.3) is 33.1 Å². The zero-order valence-corrected chi connectivity index (χ0v) is 21.1. The third kappa shape index (κ3) is 4.83. The summed E-state index contributed by atoms with van der Waals surface area (Å²) >= 11 is 0. The Labute approximate surface area is 223 Å². The minimum Gasteiger partial charge on any atom is -0.493 e. The second-order valence-electron chi connectivity index (χ2n) is 9.31. The molecule has 1 fully saturated rings. The van der Waals surface area contributed by atoms with E-state index in [1.165, 1.54) is 4.57 Å². The number of aromatic hydroxyl groups is 1. The molecule has 196 valence electrons. The second kappa shape index (κ2) is 10.6. The van der Waals surface area contributed by atoms with Crippen molar-refractivity contribution in [2.45, 2.75) is 13.2 Å². The molecule has 10 heteroatoms. The van der Waals surface area contributed by atoms with Gasteiger partial charge in [-0.1, -0.05) is 48.5 Å². The van der Waals surface area contributed by atoms with Crippen molar-refractivity contribution in [2.75, 3.05) is 26.3 Å². The van der Waals surface area contributed by atoms with Crippen LogP contribution in [0.3, 0.4) is 0 Å². The van der Waals surface area contributed by atoms with E-state index in [0.29, 0.717) is 36.5 Å². The number of fused-ring (bicyclic) bond motifs is 2. The zero-order chi connectivity index (χ0) is 26.8. The van der Waals surface area contributed by atoms with Crippen molar-refractivity contribution in [3.8, 4) is 17.0 Å². The molecule has 3 aromatic heterocycles. The molecule has 0 unspecified atom stereocenters. The molecule has 10 nitrogen and oxygen atoms in total. The topological polar surface area (TPSA) is 114 Å². The smallest absolute Gasteiger partial charge is 0.284 e. The number of benzene rings is 2. The number of azo groups is 1. The van der Waals surface area contributed by atoms with Gasteiger partial charge in [0.2, 0.25) is 5.88 Å². The van der Waals surface area contributed by atoms with Crippen LogP contribution >= 0.6 is 0 Å². The molecule has 1 aliphatic rings. The first-order valence-electron chi connectivity index (χ1n) is 12.7. The average Bonchev–Trinajstić information content (AvgIpc) is 3.24. The predicted octanol–water partition coefficient (Wildman–Crippen LogP) is 4.32. The summed E-state index contributed by atoms with van der Waals surface area (Å²) in [5.41, 5.74) is 2.24. The Morgan fingerprint density at radius 2 is 1.74 bits per heavy atom. The molecule has 1 amide bonds. The van der Waals surface area contributed by atoms with Crippen molar-refractivity contribution >= 4 is 33.5 Å². The van der Waals surface area contributed by atoms with Crippen LogP contribution in [0, 0.1) is 0 Å². The molecule has 1 aliphatic heterocycles. The van der Waals surface area contributed by atoms with Gasteiger partial charge in [-0.25, -0.2) is 4.98 Å². The Bertz CT molecular complexity index is 1750. The lowest BCUT2D eigenvalue weighted by Crippen LogP contribution is -2.37. The minimum atomic E-state index is -0.640. The monoisotopic (exact) mass is 522 g/mol. The van der Waals surface area contributed by atoms with E-state index in [2.05, 4.69) is 20.1 Å². The molecular formula is C29H26N6O4. The number of nitrogens with zero attached hydrogens (tertiary/aromatic N) is 6. The maximum Gasteiger partial charge on any atom is 0.284 e. The lowest BCUT2D eigenvalue weighted by atomic mass is 10.1. The molecule has 0 atom stereocenters. The molecule has 4 heterocycles. The summed E-state index contributed by atoms with van der Waals surface area (Å²) in [7, 11) is 0. The van der Waals surface area contributed by atoms with Gasteiger partial charge in [-0.15, -0.1) is 10.2 Å². The molecule has 0 radical (unpaired) electrons. The Hall–Kier alpha value is -4.67. The zero-order valence-electron chi connectivity index (χ0n) is 21.1. The van der Waals surface area contributed by atoms with Crippen LogP contribution in [0.4, 0.5) is 5.69 Å². The lowest BCUT2D eigenvalue weighted by molar-refractivity contribution is -0.118. The first kappa shape index (κ1) is 24.7. The SMILES string of the molecule is O=C(Cn1c(=O)c(-c2ccccc2)cc2cccnc21)N=Nc1c(O)n(CN2CCOCC2)c2ccccc12. The summed E-state index contributed by atoms with van der Waals surface area (Å²) in [6, 6.07) is 22.1. The van der Waals surface area contributed by atoms with Gasteiger partial charge in [0.05, 0.1) is 25.4 Å². The molecule has 1 saturated heterocycles. The van der Waals surface area contributed by atoms with E-state index in [1.807, 2.05) is 60.7 Å². The first-order chi connectivity index (χ1) is 19.1. The Balaban J connectivity index is 1.33. The number of hydrogen-bond acceptors (Lipinski definition) is 7. The van der Waals surface area contributed by atoms with Gasteiger partial charge in [-0.3, -0.25) is 23.6 Å². The molecular weight excluding hydrogens is 496 g/mol. The number of rotatable bonds is 6. The van der Waals surface area contributed by atoms with E-state index in [-0.39, 0.29) is 23.7 Å². The fourth-order valence-electron chi connectivity index (χ4n) is 4.91. The van der Waals surface area contributed by atoms with Crippen LogP contribution < -0.4 is 5.56 Å². The van der Waals surface area contributed by atoms with Crippen LogP contribution in [0.1, 0.15) is 0 Å². The Morgan fingerprint density at radius 1 is 0.974 bits per heavy atom. The highest BCUT2D eigenvalue weighted by atomic mass is 16.5. The highest BCUT2D eigenvalue weighted by Gasteiger charge is 2.20. The summed E-state index contributed by atoms with van der Waals surface area (Å²) < 4.78 is 8.50. The molecule has 0 saturated carbocycles. The number of hydrogen-bond donors (Lipinski definition) is 1. The van der Waals surface area contributed by atoms with Crippen LogP contribution in [0.2, 0.25) is 0 Å². The van der Waals surface area contributed by atoms with Crippen molar-refractivity contribution in [3.05, 3.63) is 89.3 Å². The number of morpholine rings is 1. The number of ether oxygens (including phenoxy) is 1. The summed E-state index contributed by atoms with van der Waals surface area (Å²) in [5.74, 6) is -0.715. The van der Waals surface area contributed by atoms with Gasteiger partial charge >= 0.3 is 0 Å². The fraction of sp³-hybridized carbons (Fsp3) is 0.207. The molecule has 0 spiro atoms. The lowest BCUT2D eigenvalue weighted by Gasteiger charge is -2.27. The number of carbonyl (C=O) groups is 1. The van der Waals surface area contributed by atoms with E-state index >= 15 is 0 Å². The van der Waals surface area contributed by atoms with Crippen molar-refractivity contribution in [1.29, 1.82) is 0 Å². The third-order valence-electron chi connectivity index (χ3n) is 6.85. The molecule has 6 rings (SSSR count). The molecule has 0 aliphatic carbocycles. The maximum absolute atomic E-state index is 13.5. The average molecular weight is 523 g/mol. The van der Waals surface area contributed by atoms with E-state index in [4.69, 9.17) is 4.74 Å². The number of pyridine rings is 2. The fourth-order valence-corrected chi connectivity index (χ4v) is 4.91. The van der Waals surface area contributed by atoms with Crippen LogP contribution in [-0.2, 0) is 22.7 Å². The van der Waals surface area contributed by atoms with Crippen molar-refractivity contribution < 1.29 is 14.6 Å². The van der Waals surface area contributed by atoms with Crippen molar-refractivity contribution in [2.24, 2.45) is 10.2 Å². The van der Waals surface area contributed by atoms with Gasteiger partial charge in [0, 0.05) is 35.6 Å². The number of carbonyl (C=O) groups excluding carboxylic acids is 1. The van der Waals surface area contributed by atoms with Crippen LogP contribution in [-0.4, -0.2) is 56.3 Å². The van der Waals surface area contributed by atoms with E-state index in [1.54, 1.807) is 22.9 Å². The molecule has 2 aromatic carbocycles. The first-order valence-corrected chi connectivity index (χ1v) is 12.7. The van der Waals surface area contributed by atoms with Gasteiger partial charge in [0.25, 0.3) is 11.5 Å². The van der Waals surface area contributed by atoms with Crippen LogP contribution in [0.5, 0.6) is 5.88 Å². The van der Waals surface area contributed by atoms with Gasteiger partial charge in [-0.2, -0.15) is 0 Å². The molecule has 39 heavy (non-hydrogen) atoms. The summed E-state index contributed by atoms with van der Waals surface area (Å²) in [6.07, 6.45) is 1.58. The highest BCUT2D eigenvalue weighted by Crippen LogP contribution is 2.39. The summed E-state index contributed by atoms with van der Waals surface area (Å²) in [5, 5.41) is 20.5. The number of amides is 1. The number of para-hydroxylation sites is 1. The van der Waals surface area contributed by atoms with Crippen LogP contribution in [0.15, 0.2) is 94.0 Å². The quantitative estimate of drug-likeness (QED) is 0.332. The van der Waals surface area contributed by atoms with E-state index in [9.17, 15) is 14.7 Å². The second-order valence-corrected chi connectivity index (χ2v) is 9.31. The van der Waals surface area contributed by atoms with Gasteiger partial charge < -0.3 is 9.84 Å². The number of aromatic nitrogens is 3. The normalized spacial score (nSPS) is 14.5. The summed E-state index contributed by atoms with van der Waals surface area (Å²) in [6.45, 7) is 2.88. The largest absolute Gasteiger partial charge is 0.493 e. The standard InChI is InChI=1S/C29H26N6O4/c36-25(18-34-27-21(9-6-12-30-27)17-23(28(34)37)20-7-2-1-3-8-20)31-32-26-22-10-4-5-11-24(22)35(29(26)38)19-33-13-15-39-16-14-33/h1-12,17,38H,13-16,18-19H2. The van der Waals surface area contributed by atoms with Crippen molar-refractivity contribution in [1.82, 2.24) is 19.0 Å². The maximum atomic E-state index is 13.5. The van der Waals surface area contributed by atoms with Crippen molar-refractivity contribution in [3.63, 3.8) is 0 Å². The summed E-state index contributed by atoms with van der Waals surface area (Å²) in [4.78, 5) is 33.0. The minimum absolute atomic E-state index is 0.0744. The van der Waals surface area contributed by atoms with Gasteiger partial charge in [0.1, 0.15) is 12.2 Å². The Kier molecular flexibility index (Phi) is 6.70. The highest BCUT2D eigenvalue weighted by molar-refractivity contribution is 5.95.